The topological polar surface area (TPSA) is 45.6 Å². The molecule has 0 heterocycles. The van der Waals surface area contributed by atoms with E-state index in [-0.39, 0.29) is 0 Å². The molecule has 19 heavy (non-hydrogen) atoms. The van der Waals surface area contributed by atoms with Gasteiger partial charge in [-0.25, -0.2) is 0 Å². The van der Waals surface area contributed by atoms with Crippen LogP contribution in [0.4, 0.5) is 0 Å². The number of hydrazone groups is 1. The first kappa shape index (κ1) is 15.4. The normalized spacial score (nSPS) is 10.4. The second kappa shape index (κ2) is 9.33. The predicted octanol–water partition coefficient (Wildman–Crippen LogP) is 2.68. The smallest absolute Gasteiger partial charge is 0.186 e. The van der Waals surface area contributed by atoms with Gasteiger partial charge in [-0.15, -0.1) is 0 Å². The zero-order chi connectivity index (χ0) is 13.9. The molecule has 0 aliphatic carbocycles. The minimum absolute atomic E-state index is 0.493. The highest BCUT2D eigenvalue weighted by molar-refractivity contribution is 7.80. The SMILES string of the molecule is CCCCCOc1ccc(/C=N/NC(=S)NC)cc1. The maximum atomic E-state index is 5.63. The Morgan fingerprint density at radius 1 is 1.32 bits per heavy atom. The Kier molecular flexibility index (Phi) is 7.58. The van der Waals surface area contributed by atoms with Gasteiger partial charge in [0.15, 0.2) is 5.11 Å². The summed E-state index contributed by atoms with van der Waals surface area (Å²) in [6, 6.07) is 7.82. The minimum Gasteiger partial charge on any atom is -0.494 e. The van der Waals surface area contributed by atoms with Crippen molar-refractivity contribution < 1.29 is 4.74 Å². The van der Waals surface area contributed by atoms with E-state index in [0.29, 0.717) is 5.11 Å². The summed E-state index contributed by atoms with van der Waals surface area (Å²) >= 11 is 4.90. The lowest BCUT2D eigenvalue weighted by molar-refractivity contribution is 0.306. The van der Waals surface area contributed by atoms with Crippen molar-refractivity contribution in [1.29, 1.82) is 0 Å². The number of nitrogens with zero attached hydrogens (tertiary/aromatic N) is 1. The van der Waals surface area contributed by atoms with Gasteiger partial charge in [-0.1, -0.05) is 19.8 Å². The Labute approximate surface area is 120 Å². The van der Waals surface area contributed by atoms with Gasteiger partial charge >= 0.3 is 0 Å². The molecule has 104 valence electrons. The van der Waals surface area contributed by atoms with Gasteiger partial charge in [0.25, 0.3) is 0 Å². The van der Waals surface area contributed by atoms with Gasteiger partial charge in [0, 0.05) is 7.05 Å². The minimum atomic E-state index is 0.493. The van der Waals surface area contributed by atoms with Crippen LogP contribution in [0.15, 0.2) is 29.4 Å². The number of thiocarbonyl (C=S) groups is 1. The molecule has 2 N–H and O–H groups in total. The highest BCUT2D eigenvalue weighted by Gasteiger charge is 1.94. The van der Waals surface area contributed by atoms with Crippen molar-refractivity contribution >= 4 is 23.5 Å². The molecule has 0 aliphatic heterocycles. The lowest BCUT2D eigenvalue weighted by Crippen LogP contribution is -2.28. The average Bonchev–Trinajstić information content (AvgIpc) is 2.45. The molecule has 0 bridgehead atoms. The zero-order valence-electron chi connectivity index (χ0n) is 11.5. The standard InChI is InChI=1S/C14H21N3OS/c1-3-4-5-10-18-13-8-6-12(7-9-13)11-16-17-14(19)15-2/h6-9,11H,3-5,10H2,1-2H3,(H2,15,17,19)/b16-11+. The molecule has 0 fully saturated rings. The van der Waals surface area contributed by atoms with E-state index in [9.17, 15) is 0 Å². The molecular weight excluding hydrogens is 258 g/mol. The fourth-order valence-corrected chi connectivity index (χ4v) is 1.47. The molecule has 0 aliphatic rings. The first-order chi connectivity index (χ1) is 9.26. The van der Waals surface area contributed by atoms with Crippen molar-refractivity contribution in [2.24, 2.45) is 5.10 Å². The fraction of sp³-hybridized carbons (Fsp3) is 0.429. The molecular formula is C14H21N3OS. The highest BCUT2D eigenvalue weighted by atomic mass is 32.1. The molecule has 1 aromatic carbocycles. The molecule has 0 atom stereocenters. The first-order valence-electron chi connectivity index (χ1n) is 6.50. The van der Waals surface area contributed by atoms with Crippen molar-refractivity contribution in [2.75, 3.05) is 13.7 Å². The number of unbranched alkanes of at least 4 members (excludes halogenated alkanes) is 2. The summed E-state index contributed by atoms with van der Waals surface area (Å²) in [5, 5.41) is 7.28. The van der Waals surface area contributed by atoms with Crippen LogP contribution in [0.5, 0.6) is 5.75 Å². The summed E-state index contributed by atoms with van der Waals surface area (Å²) in [7, 11) is 1.75. The van der Waals surface area contributed by atoms with E-state index in [2.05, 4.69) is 22.8 Å². The van der Waals surface area contributed by atoms with Crippen LogP contribution in [0.25, 0.3) is 0 Å². The van der Waals surface area contributed by atoms with E-state index in [1.807, 2.05) is 24.3 Å². The molecule has 0 saturated heterocycles. The number of nitrogens with one attached hydrogen (secondary N) is 2. The predicted molar refractivity (Wildman–Crippen MR) is 83.8 cm³/mol. The monoisotopic (exact) mass is 279 g/mol. The summed E-state index contributed by atoms with van der Waals surface area (Å²) in [5.74, 6) is 0.895. The Morgan fingerprint density at radius 3 is 2.68 bits per heavy atom. The summed E-state index contributed by atoms with van der Waals surface area (Å²) in [6.45, 7) is 2.96. The van der Waals surface area contributed by atoms with Gasteiger partial charge in [0.2, 0.25) is 0 Å². The third kappa shape index (κ3) is 6.76. The first-order valence-corrected chi connectivity index (χ1v) is 6.90. The summed E-state index contributed by atoms with van der Waals surface area (Å²) < 4.78 is 5.63. The van der Waals surface area contributed by atoms with Gasteiger partial charge < -0.3 is 10.1 Å². The molecule has 0 aromatic heterocycles. The van der Waals surface area contributed by atoms with Crippen molar-refractivity contribution in [3.05, 3.63) is 29.8 Å². The molecule has 0 spiro atoms. The lowest BCUT2D eigenvalue weighted by Gasteiger charge is -2.05. The van der Waals surface area contributed by atoms with Crippen LogP contribution in [-0.2, 0) is 0 Å². The quantitative estimate of drug-likeness (QED) is 0.349. The van der Waals surface area contributed by atoms with Crippen molar-refractivity contribution in [3.8, 4) is 5.75 Å². The number of hydrogen-bond donors (Lipinski definition) is 2. The molecule has 4 nitrogen and oxygen atoms in total. The summed E-state index contributed by atoms with van der Waals surface area (Å²) in [4.78, 5) is 0. The van der Waals surface area contributed by atoms with E-state index in [0.717, 1.165) is 24.3 Å². The maximum Gasteiger partial charge on any atom is 0.186 e. The number of benzene rings is 1. The van der Waals surface area contributed by atoms with Crippen molar-refractivity contribution in [2.45, 2.75) is 26.2 Å². The lowest BCUT2D eigenvalue weighted by atomic mass is 10.2. The highest BCUT2D eigenvalue weighted by Crippen LogP contribution is 2.11. The molecule has 1 aromatic rings. The van der Waals surface area contributed by atoms with E-state index in [4.69, 9.17) is 17.0 Å². The van der Waals surface area contributed by atoms with Crippen LogP contribution in [-0.4, -0.2) is 25.0 Å². The van der Waals surface area contributed by atoms with E-state index in [1.165, 1.54) is 12.8 Å². The maximum absolute atomic E-state index is 5.63. The third-order valence-corrected chi connectivity index (χ3v) is 2.80. The van der Waals surface area contributed by atoms with Gasteiger partial charge in [-0.2, -0.15) is 5.10 Å². The van der Waals surface area contributed by atoms with Crippen molar-refractivity contribution in [3.63, 3.8) is 0 Å². The zero-order valence-corrected chi connectivity index (χ0v) is 12.3. The summed E-state index contributed by atoms with van der Waals surface area (Å²) in [6.07, 6.45) is 5.23. The van der Waals surface area contributed by atoms with E-state index >= 15 is 0 Å². The van der Waals surface area contributed by atoms with Gasteiger partial charge in [-0.05, 0) is 48.5 Å². The number of rotatable bonds is 7. The van der Waals surface area contributed by atoms with Gasteiger partial charge in [0.1, 0.15) is 5.75 Å². The number of ether oxygens (including phenoxy) is 1. The Hall–Kier alpha value is -1.62. The van der Waals surface area contributed by atoms with Gasteiger partial charge in [0.05, 0.1) is 12.8 Å². The fourth-order valence-electron chi connectivity index (χ4n) is 1.41. The van der Waals surface area contributed by atoms with Crippen LogP contribution in [0.1, 0.15) is 31.7 Å². The van der Waals surface area contributed by atoms with E-state index < -0.39 is 0 Å². The van der Waals surface area contributed by atoms with Crippen LogP contribution >= 0.6 is 12.2 Å². The average molecular weight is 279 g/mol. The Balaban J connectivity index is 2.36. The second-order valence-corrected chi connectivity index (χ2v) is 4.48. The second-order valence-electron chi connectivity index (χ2n) is 4.07. The molecule has 1 rings (SSSR count). The van der Waals surface area contributed by atoms with Crippen LogP contribution in [0.3, 0.4) is 0 Å². The Morgan fingerprint density at radius 2 is 2.05 bits per heavy atom. The Bertz CT molecular complexity index is 404. The molecule has 0 radical (unpaired) electrons. The van der Waals surface area contributed by atoms with E-state index in [1.54, 1.807) is 13.3 Å². The number of hydrogen-bond acceptors (Lipinski definition) is 3. The summed E-state index contributed by atoms with van der Waals surface area (Å²) in [5.41, 5.74) is 3.70. The van der Waals surface area contributed by atoms with Crippen LogP contribution in [0, 0.1) is 0 Å². The van der Waals surface area contributed by atoms with Crippen LogP contribution < -0.4 is 15.5 Å². The third-order valence-electron chi connectivity index (χ3n) is 2.50. The molecule has 0 unspecified atom stereocenters. The molecule has 0 saturated carbocycles. The van der Waals surface area contributed by atoms with Crippen LogP contribution in [0.2, 0.25) is 0 Å². The molecule has 0 amide bonds. The molecule has 5 heteroatoms. The van der Waals surface area contributed by atoms with Gasteiger partial charge in [-0.3, -0.25) is 5.43 Å². The van der Waals surface area contributed by atoms with Crippen molar-refractivity contribution in [1.82, 2.24) is 10.7 Å². The largest absolute Gasteiger partial charge is 0.494 e.